The van der Waals surface area contributed by atoms with Crippen LogP contribution in [0.3, 0.4) is 0 Å². The van der Waals surface area contributed by atoms with Crippen LogP contribution in [-0.2, 0) is 19.1 Å². The highest BCUT2D eigenvalue weighted by atomic mass is 32.2. The number of carbonyl (C=O) groups is 1. The summed E-state index contributed by atoms with van der Waals surface area (Å²) in [7, 11) is -5.42. The standard InChI is InChI=1S/C24H33FN2O4SSi/c1-24(2,3)33(5,6)31-17-14-21(26-15-17)23(28)27-20-12-11-16(13-19(20)25)18-9-7-8-10-22(18)32(4,29)30/h7-13,17,21,26H,14-15H2,1-6H3,(H,27,28)/t17-,21-/m1/s1. The smallest absolute Gasteiger partial charge is 0.241 e. The highest BCUT2D eigenvalue weighted by Gasteiger charge is 2.41. The lowest BCUT2D eigenvalue weighted by molar-refractivity contribution is -0.117. The van der Waals surface area contributed by atoms with Crippen molar-refractivity contribution in [1.82, 2.24) is 5.32 Å². The molecule has 9 heteroatoms. The summed E-state index contributed by atoms with van der Waals surface area (Å²) in [4.78, 5) is 12.9. The molecule has 3 rings (SSSR count). The van der Waals surface area contributed by atoms with E-state index >= 15 is 0 Å². The number of halogens is 1. The van der Waals surface area contributed by atoms with Gasteiger partial charge in [0.2, 0.25) is 5.91 Å². The van der Waals surface area contributed by atoms with Gasteiger partial charge in [0.1, 0.15) is 5.82 Å². The molecule has 6 nitrogen and oxygen atoms in total. The molecular formula is C24H33FN2O4SSi. The number of carbonyl (C=O) groups excluding carboxylic acids is 1. The SMILES string of the molecule is CC(C)(C)[Si](C)(C)O[C@H]1CN[C@@H](C(=O)Nc2ccc(-c3ccccc3S(C)(=O)=O)cc2F)C1. The molecule has 0 radical (unpaired) electrons. The van der Waals surface area contributed by atoms with Crippen molar-refractivity contribution in [1.29, 1.82) is 0 Å². The van der Waals surface area contributed by atoms with Gasteiger partial charge in [-0.3, -0.25) is 4.79 Å². The van der Waals surface area contributed by atoms with Gasteiger partial charge in [-0.2, -0.15) is 0 Å². The summed E-state index contributed by atoms with van der Waals surface area (Å²) in [5.41, 5.74) is 0.893. The average molecular weight is 493 g/mol. The lowest BCUT2D eigenvalue weighted by Gasteiger charge is -2.38. The van der Waals surface area contributed by atoms with Gasteiger partial charge in [-0.05, 0) is 48.3 Å². The van der Waals surface area contributed by atoms with E-state index in [-0.39, 0.29) is 27.6 Å². The molecule has 1 heterocycles. The van der Waals surface area contributed by atoms with Crippen molar-refractivity contribution in [3.05, 3.63) is 48.3 Å². The highest BCUT2D eigenvalue weighted by Crippen LogP contribution is 2.38. The zero-order chi connectivity index (χ0) is 24.6. The summed E-state index contributed by atoms with van der Waals surface area (Å²) in [5.74, 6) is -0.948. The summed E-state index contributed by atoms with van der Waals surface area (Å²) < 4.78 is 45.4. The van der Waals surface area contributed by atoms with Gasteiger partial charge in [0.15, 0.2) is 18.2 Å². The van der Waals surface area contributed by atoms with Gasteiger partial charge >= 0.3 is 0 Å². The Balaban J connectivity index is 1.70. The van der Waals surface area contributed by atoms with Crippen molar-refractivity contribution >= 4 is 29.7 Å². The molecule has 2 aromatic rings. The zero-order valence-electron chi connectivity index (χ0n) is 20.0. The van der Waals surface area contributed by atoms with Crippen LogP contribution >= 0.6 is 0 Å². The van der Waals surface area contributed by atoms with E-state index in [1.807, 2.05) is 0 Å². The Bertz CT molecular complexity index is 1150. The van der Waals surface area contributed by atoms with Crippen LogP contribution in [0.2, 0.25) is 18.1 Å². The van der Waals surface area contributed by atoms with E-state index in [4.69, 9.17) is 4.43 Å². The number of hydrogen-bond acceptors (Lipinski definition) is 5. The first-order chi connectivity index (χ1) is 15.2. The molecule has 2 N–H and O–H groups in total. The van der Waals surface area contributed by atoms with Gasteiger partial charge in [-0.15, -0.1) is 0 Å². The minimum atomic E-state index is -3.47. The third-order valence-electron chi connectivity index (χ3n) is 6.50. The molecule has 1 amide bonds. The van der Waals surface area contributed by atoms with Crippen molar-refractivity contribution in [2.45, 2.75) is 62.4 Å². The van der Waals surface area contributed by atoms with Crippen LogP contribution in [0.25, 0.3) is 11.1 Å². The quantitative estimate of drug-likeness (QED) is 0.577. The largest absolute Gasteiger partial charge is 0.413 e. The van der Waals surface area contributed by atoms with E-state index < -0.39 is 30.0 Å². The topological polar surface area (TPSA) is 84.5 Å². The first kappa shape index (κ1) is 25.5. The molecule has 2 aromatic carbocycles. The number of anilines is 1. The minimum absolute atomic E-state index is 0.0520. The first-order valence-electron chi connectivity index (χ1n) is 11.0. The zero-order valence-corrected chi connectivity index (χ0v) is 21.8. The molecule has 0 spiro atoms. The lowest BCUT2D eigenvalue weighted by Crippen LogP contribution is -2.44. The van der Waals surface area contributed by atoms with Crippen LogP contribution in [0, 0.1) is 5.82 Å². The lowest BCUT2D eigenvalue weighted by atomic mass is 10.0. The highest BCUT2D eigenvalue weighted by molar-refractivity contribution is 7.90. The summed E-state index contributed by atoms with van der Waals surface area (Å²) in [6.07, 6.45) is 1.59. The van der Waals surface area contributed by atoms with Crippen molar-refractivity contribution in [2.24, 2.45) is 0 Å². The van der Waals surface area contributed by atoms with Crippen LogP contribution in [-0.4, -0.2) is 47.6 Å². The van der Waals surface area contributed by atoms with Gasteiger partial charge in [0.05, 0.1) is 22.7 Å². The number of nitrogens with one attached hydrogen (secondary N) is 2. The number of hydrogen-bond donors (Lipinski definition) is 2. The Labute approximate surface area is 197 Å². The Hall–Kier alpha value is -2.07. The number of rotatable bonds is 6. The fraction of sp³-hybridized carbons (Fsp3) is 0.458. The second kappa shape index (κ2) is 9.29. The second-order valence-electron chi connectivity index (χ2n) is 10.1. The van der Waals surface area contributed by atoms with Crippen molar-refractivity contribution in [3.8, 4) is 11.1 Å². The maximum atomic E-state index is 14.8. The van der Waals surface area contributed by atoms with E-state index in [1.54, 1.807) is 24.3 Å². The molecule has 0 unspecified atom stereocenters. The second-order valence-corrected chi connectivity index (χ2v) is 16.9. The Morgan fingerprint density at radius 2 is 1.85 bits per heavy atom. The number of amides is 1. The van der Waals surface area contributed by atoms with Crippen LogP contribution in [0.4, 0.5) is 10.1 Å². The van der Waals surface area contributed by atoms with Gasteiger partial charge in [-0.25, -0.2) is 12.8 Å². The van der Waals surface area contributed by atoms with Crippen LogP contribution in [0.5, 0.6) is 0 Å². The molecule has 0 saturated carbocycles. The van der Waals surface area contributed by atoms with Crippen LogP contribution in [0.15, 0.2) is 47.4 Å². The fourth-order valence-corrected chi connectivity index (χ4v) is 5.90. The first-order valence-corrected chi connectivity index (χ1v) is 15.8. The van der Waals surface area contributed by atoms with E-state index in [2.05, 4.69) is 44.5 Å². The summed E-state index contributed by atoms with van der Waals surface area (Å²) in [6.45, 7) is 11.5. The van der Waals surface area contributed by atoms with Crippen molar-refractivity contribution < 1.29 is 22.0 Å². The number of sulfone groups is 1. The van der Waals surface area contributed by atoms with Crippen molar-refractivity contribution in [3.63, 3.8) is 0 Å². The van der Waals surface area contributed by atoms with Gasteiger partial charge in [-0.1, -0.05) is 45.0 Å². The van der Waals surface area contributed by atoms with Crippen molar-refractivity contribution in [2.75, 3.05) is 18.1 Å². The monoisotopic (exact) mass is 492 g/mol. The molecule has 1 fully saturated rings. The van der Waals surface area contributed by atoms with E-state index in [1.165, 1.54) is 18.2 Å². The third-order valence-corrected chi connectivity index (χ3v) is 12.2. The van der Waals surface area contributed by atoms with Crippen LogP contribution in [0.1, 0.15) is 27.2 Å². The molecular weight excluding hydrogens is 459 g/mol. The predicted molar refractivity (Wildman–Crippen MR) is 132 cm³/mol. The Kier molecular flexibility index (Phi) is 7.19. The predicted octanol–water partition coefficient (Wildman–Crippen LogP) is 4.59. The molecule has 0 aliphatic carbocycles. The molecule has 180 valence electrons. The molecule has 1 aliphatic rings. The normalized spacial score (nSPS) is 19.5. The Morgan fingerprint density at radius 3 is 2.45 bits per heavy atom. The van der Waals surface area contributed by atoms with Gasteiger partial charge < -0.3 is 15.1 Å². The molecule has 2 atom stereocenters. The van der Waals surface area contributed by atoms with E-state index in [0.717, 1.165) is 6.26 Å². The molecule has 1 saturated heterocycles. The minimum Gasteiger partial charge on any atom is -0.413 e. The average Bonchev–Trinajstić information content (AvgIpc) is 3.16. The number of benzene rings is 2. The molecule has 0 bridgehead atoms. The molecule has 1 aliphatic heterocycles. The summed E-state index contributed by atoms with van der Waals surface area (Å²) in [5, 5.41) is 5.91. The third kappa shape index (κ3) is 5.89. The Morgan fingerprint density at radius 1 is 1.18 bits per heavy atom. The molecule has 0 aromatic heterocycles. The summed E-state index contributed by atoms with van der Waals surface area (Å²) in [6, 6.07) is 10.3. The van der Waals surface area contributed by atoms with Crippen LogP contribution < -0.4 is 10.6 Å². The van der Waals surface area contributed by atoms with E-state index in [9.17, 15) is 17.6 Å². The summed E-state index contributed by atoms with van der Waals surface area (Å²) >= 11 is 0. The molecule has 33 heavy (non-hydrogen) atoms. The fourth-order valence-electron chi connectivity index (χ4n) is 3.62. The maximum Gasteiger partial charge on any atom is 0.241 e. The van der Waals surface area contributed by atoms with Gasteiger partial charge in [0, 0.05) is 18.4 Å². The maximum absolute atomic E-state index is 14.8. The van der Waals surface area contributed by atoms with E-state index in [0.29, 0.717) is 24.1 Å². The van der Waals surface area contributed by atoms with Gasteiger partial charge in [0.25, 0.3) is 0 Å².